The Bertz CT molecular complexity index is 248. The maximum Gasteiger partial charge on any atom is 0.0389 e. The molecule has 1 radical (unpaired) electrons. The van der Waals surface area contributed by atoms with Crippen molar-refractivity contribution in [1.82, 2.24) is 15.1 Å². The Morgan fingerprint density at radius 1 is 0.944 bits per heavy atom. The van der Waals surface area contributed by atoms with Gasteiger partial charge in [0.15, 0.2) is 0 Å². The first kappa shape index (κ1) is 12.9. The lowest BCUT2D eigenvalue weighted by Gasteiger charge is -2.39. The van der Waals surface area contributed by atoms with Crippen LogP contribution >= 0.6 is 0 Å². The van der Waals surface area contributed by atoms with Gasteiger partial charge in [0.05, 0.1) is 0 Å². The van der Waals surface area contributed by atoms with Gasteiger partial charge in [-0.25, -0.2) is 0 Å². The number of piperazine rings is 1. The molecule has 3 rings (SSSR count). The number of rotatable bonds is 4. The molecule has 0 spiro atoms. The molecule has 2 heterocycles. The van der Waals surface area contributed by atoms with Crippen LogP contribution in [0, 0.1) is 12.0 Å². The van der Waals surface area contributed by atoms with Gasteiger partial charge >= 0.3 is 0 Å². The second kappa shape index (κ2) is 5.89. The lowest BCUT2D eigenvalue weighted by Crippen LogP contribution is -2.47. The third kappa shape index (κ3) is 3.06. The van der Waals surface area contributed by atoms with E-state index < -0.39 is 0 Å². The van der Waals surface area contributed by atoms with E-state index in [2.05, 4.69) is 21.7 Å². The standard InChI is InChI=1S/C15H28N3/c1-2-6-15(5-1,13-17-9-3-4-10-17)14-18-11-7-16-8-12-18/h11,16H,1-10,12-14H2. The van der Waals surface area contributed by atoms with Crippen LogP contribution in [0.25, 0.3) is 0 Å². The first-order valence-corrected chi connectivity index (χ1v) is 7.87. The van der Waals surface area contributed by atoms with Crippen LogP contribution in [-0.4, -0.2) is 55.6 Å². The van der Waals surface area contributed by atoms with Gasteiger partial charge in [0.1, 0.15) is 0 Å². The van der Waals surface area contributed by atoms with E-state index in [4.69, 9.17) is 0 Å². The average Bonchev–Trinajstić information content (AvgIpc) is 3.03. The fourth-order valence-corrected chi connectivity index (χ4v) is 4.09. The summed E-state index contributed by atoms with van der Waals surface area (Å²) < 4.78 is 0. The van der Waals surface area contributed by atoms with Gasteiger partial charge in [-0.2, -0.15) is 0 Å². The van der Waals surface area contributed by atoms with Gasteiger partial charge in [-0.05, 0) is 44.2 Å². The Morgan fingerprint density at radius 3 is 2.39 bits per heavy atom. The zero-order chi connectivity index (χ0) is 12.3. The summed E-state index contributed by atoms with van der Waals surface area (Å²) in [5.41, 5.74) is 0.609. The van der Waals surface area contributed by atoms with E-state index in [9.17, 15) is 0 Å². The van der Waals surface area contributed by atoms with E-state index in [1.54, 1.807) is 0 Å². The number of nitrogens with one attached hydrogen (secondary N) is 1. The molecule has 18 heavy (non-hydrogen) atoms. The predicted octanol–water partition coefficient (Wildman–Crippen LogP) is 1.71. The lowest BCUT2D eigenvalue weighted by molar-refractivity contribution is 0.116. The van der Waals surface area contributed by atoms with Crippen molar-refractivity contribution in [2.45, 2.75) is 38.5 Å². The SMILES string of the molecule is [CH]1CNCCN1CC1(CN2CCCC2)CCCC1. The van der Waals surface area contributed by atoms with E-state index in [-0.39, 0.29) is 0 Å². The van der Waals surface area contributed by atoms with Gasteiger partial charge in [0, 0.05) is 39.3 Å². The molecule has 3 fully saturated rings. The van der Waals surface area contributed by atoms with Crippen molar-refractivity contribution in [3.8, 4) is 0 Å². The summed E-state index contributed by atoms with van der Waals surface area (Å²) in [6, 6.07) is 0. The molecule has 3 nitrogen and oxygen atoms in total. The topological polar surface area (TPSA) is 18.5 Å². The molecule has 1 aliphatic carbocycles. The summed E-state index contributed by atoms with van der Waals surface area (Å²) in [7, 11) is 0. The van der Waals surface area contributed by atoms with Crippen LogP contribution in [0.2, 0.25) is 0 Å². The molecule has 3 aliphatic rings. The maximum absolute atomic E-state index is 3.42. The van der Waals surface area contributed by atoms with Crippen molar-refractivity contribution in [1.29, 1.82) is 0 Å². The highest BCUT2D eigenvalue weighted by atomic mass is 15.2. The molecule has 0 aromatic carbocycles. The second-order valence-corrected chi connectivity index (χ2v) is 6.55. The molecular formula is C15H28N3. The first-order chi connectivity index (χ1) is 8.86. The maximum atomic E-state index is 3.42. The Hall–Kier alpha value is -0.120. The zero-order valence-corrected chi connectivity index (χ0v) is 11.7. The van der Waals surface area contributed by atoms with Gasteiger partial charge in [-0.1, -0.05) is 12.8 Å². The van der Waals surface area contributed by atoms with Crippen LogP contribution < -0.4 is 5.32 Å². The molecular weight excluding hydrogens is 222 g/mol. The number of nitrogens with zero attached hydrogens (tertiary/aromatic N) is 2. The minimum atomic E-state index is 0.609. The molecule has 103 valence electrons. The minimum Gasteiger partial charge on any atom is -0.314 e. The van der Waals surface area contributed by atoms with Crippen LogP contribution in [-0.2, 0) is 0 Å². The Morgan fingerprint density at radius 2 is 1.72 bits per heavy atom. The van der Waals surface area contributed by atoms with E-state index in [1.165, 1.54) is 71.2 Å². The molecule has 0 aromatic heterocycles. The summed E-state index contributed by atoms with van der Waals surface area (Å²) in [5.74, 6) is 0. The summed E-state index contributed by atoms with van der Waals surface area (Å²) >= 11 is 0. The third-order valence-electron chi connectivity index (χ3n) is 5.03. The summed E-state index contributed by atoms with van der Waals surface area (Å²) in [6.07, 6.45) is 8.69. The molecule has 2 saturated heterocycles. The van der Waals surface area contributed by atoms with Crippen molar-refractivity contribution in [2.24, 2.45) is 5.41 Å². The van der Waals surface area contributed by atoms with E-state index in [1.807, 2.05) is 0 Å². The molecule has 0 bridgehead atoms. The molecule has 2 aliphatic heterocycles. The van der Waals surface area contributed by atoms with Gasteiger partial charge in [0.2, 0.25) is 0 Å². The van der Waals surface area contributed by atoms with Gasteiger partial charge in [-0.15, -0.1) is 0 Å². The normalized spacial score (nSPS) is 30.0. The van der Waals surface area contributed by atoms with Crippen molar-refractivity contribution in [2.75, 3.05) is 45.8 Å². The van der Waals surface area contributed by atoms with Crippen molar-refractivity contribution < 1.29 is 0 Å². The highest BCUT2D eigenvalue weighted by Crippen LogP contribution is 2.40. The fraction of sp³-hybridized carbons (Fsp3) is 0.933. The Kier molecular flexibility index (Phi) is 4.22. The predicted molar refractivity (Wildman–Crippen MR) is 75.3 cm³/mol. The van der Waals surface area contributed by atoms with Gasteiger partial charge < -0.3 is 10.2 Å². The van der Waals surface area contributed by atoms with Crippen molar-refractivity contribution >= 4 is 0 Å². The van der Waals surface area contributed by atoms with Crippen molar-refractivity contribution in [3.05, 3.63) is 6.54 Å². The third-order valence-corrected chi connectivity index (χ3v) is 5.03. The lowest BCUT2D eigenvalue weighted by atomic mass is 9.84. The summed E-state index contributed by atoms with van der Waals surface area (Å²) in [6.45, 7) is 11.2. The van der Waals surface area contributed by atoms with E-state index >= 15 is 0 Å². The van der Waals surface area contributed by atoms with Crippen LogP contribution in [0.15, 0.2) is 0 Å². The fourth-order valence-electron chi connectivity index (χ4n) is 4.09. The minimum absolute atomic E-state index is 0.609. The molecule has 0 unspecified atom stereocenters. The highest BCUT2D eigenvalue weighted by molar-refractivity contribution is 4.93. The average molecular weight is 250 g/mol. The molecule has 1 saturated carbocycles. The zero-order valence-electron chi connectivity index (χ0n) is 11.7. The van der Waals surface area contributed by atoms with Crippen LogP contribution in [0.3, 0.4) is 0 Å². The Balaban J connectivity index is 1.58. The summed E-state index contributed by atoms with van der Waals surface area (Å²) in [5, 5.41) is 3.42. The number of hydrogen-bond acceptors (Lipinski definition) is 3. The first-order valence-electron chi connectivity index (χ1n) is 7.87. The van der Waals surface area contributed by atoms with E-state index in [0.29, 0.717) is 5.41 Å². The van der Waals surface area contributed by atoms with Gasteiger partial charge in [0.25, 0.3) is 0 Å². The van der Waals surface area contributed by atoms with Gasteiger partial charge in [-0.3, -0.25) is 4.90 Å². The Labute approximate surface area is 112 Å². The number of hydrogen-bond donors (Lipinski definition) is 1. The number of likely N-dealkylation sites (tertiary alicyclic amines) is 1. The van der Waals surface area contributed by atoms with Crippen LogP contribution in [0.1, 0.15) is 38.5 Å². The quantitative estimate of drug-likeness (QED) is 0.819. The molecule has 0 aromatic rings. The largest absolute Gasteiger partial charge is 0.314 e. The second-order valence-electron chi connectivity index (χ2n) is 6.55. The smallest absolute Gasteiger partial charge is 0.0389 e. The molecule has 1 N–H and O–H groups in total. The molecule has 0 atom stereocenters. The monoisotopic (exact) mass is 250 g/mol. The van der Waals surface area contributed by atoms with Crippen LogP contribution in [0.4, 0.5) is 0 Å². The van der Waals surface area contributed by atoms with Crippen molar-refractivity contribution in [3.63, 3.8) is 0 Å². The summed E-state index contributed by atoms with van der Waals surface area (Å²) in [4.78, 5) is 5.32. The van der Waals surface area contributed by atoms with Crippen LogP contribution in [0.5, 0.6) is 0 Å². The molecule has 3 heteroatoms. The van der Waals surface area contributed by atoms with E-state index in [0.717, 1.165) is 13.1 Å². The molecule has 0 amide bonds. The highest BCUT2D eigenvalue weighted by Gasteiger charge is 2.37.